The minimum atomic E-state index is -4.20. The number of hydrogen-bond donors (Lipinski definition) is 1. The number of carbonyl (C=O) groups is 2. The molecule has 0 radical (unpaired) electrons. The number of sulfonamides is 1. The maximum absolute atomic E-state index is 14.0. The molecule has 0 aliphatic carbocycles. The van der Waals surface area contributed by atoms with Crippen molar-refractivity contribution in [3.05, 3.63) is 94.5 Å². The van der Waals surface area contributed by atoms with Crippen LogP contribution in [0.25, 0.3) is 0 Å². The molecule has 0 aromatic heterocycles. The van der Waals surface area contributed by atoms with E-state index in [-0.39, 0.29) is 29.0 Å². The Labute approximate surface area is 240 Å². The average molecular weight is 591 g/mol. The summed E-state index contributed by atoms with van der Waals surface area (Å²) < 4.78 is 28.6. The third kappa shape index (κ3) is 8.21. The van der Waals surface area contributed by atoms with E-state index in [1.165, 1.54) is 35.2 Å². The Morgan fingerprint density at radius 2 is 1.56 bits per heavy atom. The number of benzene rings is 3. The lowest BCUT2D eigenvalue weighted by Crippen LogP contribution is -2.52. The van der Waals surface area contributed by atoms with Crippen molar-refractivity contribution in [2.45, 2.75) is 44.7 Å². The molecule has 0 aliphatic heterocycles. The Bertz CT molecular complexity index is 1370. The fourth-order valence-corrected chi connectivity index (χ4v) is 5.73. The Kier molecular flexibility index (Phi) is 10.8. The first-order chi connectivity index (χ1) is 18.5. The lowest BCUT2D eigenvalue weighted by atomic mass is 10.1. The van der Waals surface area contributed by atoms with Gasteiger partial charge < -0.3 is 10.2 Å². The minimum Gasteiger partial charge on any atom is -0.354 e. The third-order valence-corrected chi connectivity index (χ3v) is 8.32. The predicted octanol–water partition coefficient (Wildman–Crippen LogP) is 5.77. The zero-order valence-electron chi connectivity index (χ0n) is 22.2. The first-order valence-electron chi connectivity index (χ1n) is 12.7. The summed E-state index contributed by atoms with van der Waals surface area (Å²) in [5, 5.41) is 3.61. The lowest BCUT2D eigenvalue weighted by molar-refractivity contribution is -0.140. The van der Waals surface area contributed by atoms with E-state index in [4.69, 9.17) is 23.2 Å². The maximum Gasteiger partial charge on any atom is 0.264 e. The summed E-state index contributed by atoms with van der Waals surface area (Å²) in [5.41, 5.74) is 1.04. The number of nitrogens with zero attached hydrogens (tertiary/aromatic N) is 2. The van der Waals surface area contributed by atoms with Crippen LogP contribution in [-0.2, 0) is 26.2 Å². The van der Waals surface area contributed by atoms with Crippen LogP contribution >= 0.6 is 23.2 Å². The van der Waals surface area contributed by atoms with Gasteiger partial charge in [0.15, 0.2) is 0 Å². The molecule has 0 aliphatic rings. The van der Waals surface area contributed by atoms with Crippen molar-refractivity contribution >= 4 is 50.7 Å². The number of nitrogens with one attached hydrogen (secondary N) is 1. The summed E-state index contributed by atoms with van der Waals surface area (Å²) in [7, 11) is -4.20. The van der Waals surface area contributed by atoms with Crippen LogP contribution < -0.4 is 9.62 Å². The van der Waals surface area contributed by atoms with Gasteiger partial charge in [-0.05, 0) is 60.4 Å². The largest absolute Gasteiger partial charge is 0.354 e. The monoisotopic (exact) mass is 589 g/mol. The normalized spacial score (nSPS) is 12.2. The highest BCUT2D eigenvalue weighted by Gasteiger charge is 2.33. The van der Waals surface area contributed by atoms with E-state index in [0.29, 0.717) is 23.0 Å². The molecule has 0 saturated heterocycles. The highest BCUT2D eigenvalue weighted by molar-refractivity contribution is 7.92. The molecule has 0 bridgehead atoms. The van der Waals surface area contributed by atoms with Crippen LogP contribution in [0.5, 0.6) is 0 Å². The van der Waals surface area contributed by atoms with Gasteiger partial charge in [0.2, 0.25) is 11.8 Å². The second kappa shape index (κ2) is 13.8. The predicted molar refractivity (Wildman–Crippen MR) is 156 cm³/mol. The topological polar surface area (TPSA) is 86.8 Å². The summed E-state index contributed by atoms with van der Waals surface area (Å²) in [6, 6.07) is 20.5. The van der Waals surface area contributed by atoms with Gasteiger partial charge in [-0.1, -0.05) is 80.4 Å². The van der Waals surface area contributed by atoms with Gasteiger partial charge in [-0.3, -0.25) is 13.9 Å². The first kappa shape index (κ1) is 30.5. The molecule has 3 aromatic carbocycles. The molecule has 0 spiro atoms. The van der Waals surface area contributed by atoms with Crippen molar-refractivity contribution in [1.29, 1.82) is 0 Å². The third-order valence-electron chi connectivity index (χ3n) is 6.04. The smallest absolute Gasteiger partial charge is 0.264 e. The van der Waals surface area contributed by atoms with Gasteiger partial charge in [-0.15, -0.1) is 0 Å². The lowest BCUT2D eigenvalue weighted by Gasteiger charge is -2.33. The molecule has 39 heavy (non-hydrogen) atoms. The van der Waals surface area contributed by atoms with E-state index >= 15 is 0 Å². The zero-order valence-corrected chi connectivity index (χ0v) is 24.5. The quantitative estimate of drug-likeness (QED) is 0.290. The van der Waals surface area contributed by atoms with E-state index in [1.807, 2.05) is 51.1 Å². The maximum atomic E-state index is 14.0. The van der Waals surface area contributed by atoms with Crippen molar-refractivity contribution in [3.63, 3.8) is 0 Å². The summed E-state index contributed by atoms with van der Waals surface area (Å²) in [5.74, 6) is -0.583. The molecule has 0 fully saturated rings. The van der Waals surface area contributed by atoms with Crippen LogP contribution in [0.1, 0.15) is 32.8 Å². The van der Waals surface area contributed by atoms with E-state index in [1.54, 1.807) is 18.2 Å². The van der Waals surface area contributed by atoms with Gasteiger partial charge >= 0.3 is 0 Å². The van der Waals surface area contributed by atoms with Crippen molar-refractivity contribution < 1.29 is 18.0 Å². The molecule has 2 amide bonds. The van der Waals surface area contributed by atoms with Gasteiger partial charge in [0, 0.05) is 23.1 Å². The van der Waals surface area contributed by atoms with Gasteiger partial charge in [0.05, 0.1) is 10.6 Å². The SMILES string of the molecule is CC[C@@H](C(=O)NCC(C)C)N(Cc1ccccc1)C(=O)CN(c1cccc(Cl)c1)S(=O)(=O)c1ccc(Cl)cc1. The zero-order chi connectivity index (χ0) is 28.6. The van der Waals surface area contributed by atoms with E-state index in [2.05, 4.69) is 5.32 Å². The Balaban J connectivity index is 2.03. The number of amides is 2. The average Bonchev–Trinajstić information content (AvgIpc) is 2.91. The molecule has 0 saturated carbocycles. The number of anilines is 1. The highest BCUT2D eigenvalue weighted by atomic mass is 35.5. The molecule has 10 heteroatoms. The number of rotatable bonds is 12. The van der Waals surface area contributed by atoms with E-state index in [9.17, 15) is 18.0 Å². The Morgan fingerprint density at radius 1 is 0.897 bits per heavy atom. The van der Waals surface area contributed by atoms with Crippen molar-refractivity contribution in [3.8, 4) is 0 Å². The number of halogens is 2. The molecule has 3 rings (SSSR count). The van der Waals surface area contributed by atoms with E-state index in [0.717, 1.165) is 9.87 Å². The van der Waals surface area contributed by atoms with Crippen molar-refractivity contribution in [2.75, 3.05) is 17.4 Å². The second-order valence-corrected chi connectivity index (χ2v) is 12.3. The van der Waals surface area contributed by atoms with Gasteiger partial charge in [0.1, 0.15) is 12.6 Å². The standard InChI is InChI=1S/C29H33Cl2N3O4S/c1-4-27(29(36)32-18-21(2)3)33(19-22-9-6-5-7-10-22)28(35)20-34(25-12-8-11-24(31)17-25)39(37,38)26-15-13-23(30)14-16-26/h5-17,21,27H,4,18-20H2,1-3H3,(H,32,36)/t27-/m0/s1. The van der Waals surface area contributed by atoms with Gasteiger partial charge in [-0.2, -0.15) is 0 Å². The molecule has 0 heterocycles. The summed E-state index contributed by atoms with van der Waals surface area (Å²) in [4.78, 5) is 28.6. The summed E-state index contributed by atoms with van der Waals surface area (Å²) in [6.07, 6.45) is 0.351. The van der Waals surface area contributed by atoms with Crippen molar-refractivity contribution in [2.24, 2.45) is 5.92 Å². The number of carbonyl (C=O) groups excluding carboxylic acids is 2. The van der Waals surface area contributed by atoms with Crippen LogP contribution in [-0.4, -0.2) is 44.3 Å². The summed E-state index contributed by atoms with van der Waals surface area (Å²) >= 11 is 12.2. The molecule has 1 N–H and O–H groups in total. The van der Waals surface area contributed by atoms with Crippen LogP contribution in [0.2, 0.25) is 10.0 Å². The van der Waals surface area contributed by atoms with E-state index < -0.39 is 28.5 Å². The first-order valence-corrected chi connectivity index (χ1v) is 14.9. The molecular weight excluding hydrogens is 557 g/mol. The minimum absolute atomic E-state index is 0.0315. The van der Waals surface area contributed by atoms with Crippen LogP contribution in [0.15, 0.2) is 83.8 Å². The molecule has 1 atom stereocenters. The second-order valence-electron chi connectivity index (χ2n) is 9.52. The van der Waals surface area contributed by atoms with Crippen LogP contribution in [0.3, 0.4) is 0 Å². The molecular formula is C29H33Cl2N3O4S. The fourth-order valence-electron chi connectivity index (χ4n) is 4.02. The van der Waals surface area contributed by atoms with Crippen LogP contribution in [0.4, 0.5) is 5.69 Å². The molecule has 0 unspecified atom stereocenters. The van der Waals surface area contributed by atoms with Crippen molar-refractivity contribution in [1.82, 2.24) is 10.2 Å². The van der Waals surface area contributed by atoms with Gasteiger partial charge in [0.25, 0.3) is 10.0 Å². The molecule has 208 valence electrons. The van der Waals surface area contributed by atoms with Crippen LogP contribution in [0, 0.1) is 5.92 Å². The fraction of sp³-hybridized carbons (Fsp3) is 0.310. The van der Waals surface area contributed by atoms with Gasteiger partial charge in [-0.25, -0.2) is 8.42 Å². The molecule has 7 nitrogen and oxygen atoms in total. The summed E-state index contributed by atoms with van der Waals surface area (Å²) in [6.45, 7) is 5.85. The highest BCUT2D eigenvalue weighted by Crippen LogP contribution is 2.27. The molecule has 3 aromatic rings. The Hall–Kier alpha value is -3.07. The Morgan fingerprint density at radius 3 is 2.15 bits per heavy atom. The number of hydrogen-bond acceptors (Lipinski definition) is 4.